The number of hydrogen-bond acceptors (Lipinski definition) is 4. The van der Waals surface area contributed by atoms with Crippen LogP contribution in [0.1, 0.15) is 38.3 Å². The molecule has 0 bridgehead atoms. The minimum Gasteiger partial charge on any atom is -0.382 e. The van der Waals surface area contributed by atoms with Gasteiger partial charge in [0.25, 0.3) is 0 Å². The fraction of sp³-hybridized carbons (Fsp3) is 0.667. The third kappa shape index (κ3) is 4.68. The molecule has 0 aliphatic carbocycles. The van der Waals surface area contributed by atoms with Gasteiger partial charge < -0.3 is 10.1 Å². The molecule has 0 fully saturated rings. The zero-order chi connectivity index (χ0) is 11.6. The first-order valence-electron chi connectivity index (χ1n) is 5.94. The zero-order valence-electron chi connectivity index (χ0n) is 10.1. The number of aromatic nitrogens is 2. The highest BCUT2D eigenvalue weighted by molar-refractivity contribution is 5.08. The number of ether oxygens (including phenoxy) is 1. The molecule has 16 heavy (non-hydrogen) atoms. The summed E-state index contributed by atoms with van der Waals surface area (Å²) in [7, 11) is 0. The van der Waals surface area contributed by atoms with Crippen LogP contribution in [-0.4, -0.2) is 29.7 Å². The van der Waals surface area contributed by atoms with Crippen LogP contribution in [0.25, 0.3) is 0 Å². The highest BCUT2D eigenvalue weighted by Crippen LogP contribution is 2.14. The van der Waals surface area contributed by atoms with Gasteiger partial charge in [0, 0.05) is 37.2 Å². The lowest BCUT2D eigenvalue weighted by molar-refractivity contribution is 0.136. The van der Waals surface area contributed by atoms with E-state index in [0.717, 1.165) is 38.2 Å². The van der Waals surface area contributed by atoms with Gasteiger partial charge in [-0.1, -0.05) is 6.92 Å². The van der Waals surface area contributed by atoms with Crippen LogP contribution in [-0.2, 0) is 4.74 Å². The predicted octanol–water partition coefficient (Wildman–Crippen LogP) is 1.94. The summed E-state index contributed by atoms with van der Waals surface area (Å²) in [4.78, 5) is 8.10. The molecule has 1 N–H and O–H groups in total. The van der Waals surface area contributed by atoms with Crippen LogP contribution in [0.4, 0.5) is 0 Å². The summed E-state index contributed by atoms with van der Waals surface area (Å²) in [5, 5.41) is 3.48. The van der Waals surface area contributed by atoms with Gasteiger partial charge in [-0.15, -0.1) is 0 Å². The Morgan fingerprint density at radius 1 is 1.31 bits per heavy atom. The SMILES string of the molecule is CCCNC(CCOCC)c1cncnc1. The lowest BCUT2D eigenvalue weighted by Gasteiger charge is -2.17. The first-order valence-corrected chi connectivity index (χ1v) is 5.94. The summed E-state index contributed by atoms with van der Waals surface area (Å²) in [6, 6.07) is 0.299. The van der Waals surface area contributed by atoms with E-state index in [2.05, 4.69) is 22.2 Å². The second-order valence-corrected chi connectivity index (χ2v) is 3.66. The molecule has 0 radical (unpaired) electrons. The van der Waals surface area contributed by atoms with Crippen LogP contribution in [0.5, 0.6) is 0 Å². The molecule has 1 aromatic heterocycles. The first kappa shape index (κ1) is 13.1. The summed E-state index contributed by atoms with van der Waals surface area (Å²) in [5.41, 5.74) is 1.13. The van der Waals surface area contributed by atoms with E-state index in [-0.39, 0.29) is 0 Å². The minimum atomic E-state index is 0.299. The van der Waals surface area contributed by atoms with Crippen LogP contribution >= 0.6 is 0 Å². The second-order valence-electron chi connectivity index (χ2n) is 3.66. The van der Waals surface area contributed by atoms with E-state index in [1.54, 1.807) is 6.33 Å². The summed E-state index contributed by atoms with van der Waals surface area (Å²) in [6.45, 7) is 6.72. The van der Waals surface area contributed by atoms with E-state index in [4.69, 9.17) is 4.74 Å². The zero-order valence-corrected chi connectivity index (χ0v) is 10.1. The van der Waals surface area contributed by atoms with Crippen molar-refractivity contribution in [2.24, 2.45) is 0 Å². The molecule has 0 aromatic carbocycles. The third-order valence-electron chi connectivity index (χ3n) is 2.38. The number of hydrogen-bond donors (Lipinski definition) is 1. The summed E-state index contributed by atoms with van der Waals surface area (Å²) in [5.74, 6) is 0. The summed E-state index contributed by atoms with van der Waals surface area (Å²) in [6.07, 6.45) is 7.38. The molecule has 1 heterocycles. The van der Waals surface area contributed by atoms with Gasteiger partial charge in [0.2, 0.25) is 0 Å². The van der Waals surface area contributed by atoms with E-state index < -0.39 is 0 Å². The van der Waals surface area contributed by atoms with E-state index in [9.17, 15) is 0 Å². The van der Waals surface area contributed by atoms with Crippen molar-refractivity contribution in [3.05, 3.63) is 24.3 Å². The molecule has 1 rings (SSSR count). The topological polar surface area (TPSA) is 47.0 Å². The van der Waals surface area contributed by atoms with Crippen molar-refractivity contribution in [1.82, 2.24) is 15.3 Å². The van der Waals surface area contributed by atoms with Crippen LogP contribution in [0.2, 0.25) is 0 Å². The fourth-order valence-electron chi connectivity index (χ4n) is 1.54. The molecule has 1 aromatic rings. The Morgan fingerprint density at radius 3 is 2.69 bits per heavy atom. The Kier molecular flexibility index (Phi) is 6.69. The third-order valence-corrected chi connectivity index (χ3v) is 2.38. The van der Waals surface area contributed by atoms with Crippen molar-refractivity contribution in [1.29, 1.82) is 0 Å². The van der Waals surface area contributed by atoms with Crippen LogP contribution in [0, 0.1) is 0 Å². The molecule has 1 atom stereocenters. The van der Waals surface area contributed by atoms with Crippen molar-refractivity contribution in [3.8, 4) is 0 Å². The van der Waals surface area contributed by atoms with Gasteiger partial charge in [-0.25, -0.2) is 9.97 Å². The van der Waals surface area contributed by atoms with Crippen molar-refractivity contribution < 1.29 is 4.74 Å². The minimum absolute atomic E-state index is 0.299. The van der Waals surface area contributed by atoms with Crippen LogP contribution in [0.15, 0.2) is 18.7 Å². The number of nitrogens with zero attached hydrogens (tertiary/aromatic N) is 2. The van der Waals surface area contributed by atoms with Gasteiger partial charge in [0.15, 0.2) is 0 Å². The highest BCUT2D eigenvalue weighted by Gasteiger charge is 2.10. The van der Waals surface area contributed by atoms with Crippen LogP contribution in [0.3, 0.4) is 0 Å². The van der Waals surface area contributed by atoms with Gasteiger partial charge in [-0.3, -0.25) is 0 Å². The average Bonchev–Trinajstić information content (AvgIpc) is 2.35. The molecule has 0 spiro atoms. The Hall–Kier alpha value is -1.00. The lowest BCUT2D eigenvalue weighted by Crippen LogP contribution is -2.23. The van der Waals surface area contributed by atoms with Gasteiger partial charge in [-0.2, -0.15) is 0 Å². The molecule has 0 saturated carbocycles. The van der Waals surface area contributed by atoms with Crippen LogP contribution < -0.4 is 5.32 Å². The molecule has 0 amide bonds. The van der Waals surface area contributed by atoms with Crippen molar-refractivity contribution in [2.75, 3.05) is 19.8 Å². The quantitative estimate of drug-likeness (QED) is 0.684. The highest BCUT2D eigenvalue weighted by atomic mass is 16.5. The predicted molar refractivity (Wildman–Crippen MR) is 64.2 cm³/mol. The maximum Gasteiger partial charge on any atom is 0.115 e. The van der Waals surface area contributed by atoms with Gasteiger partial charge in [0.1, 0.15) is 6.33 Å². The van der Waals surface area contributed by atoms with E-state index in [1.165, 1.54) is 0 Å². The standard InChI is InChI=1S/C12H21N3O/c1-3-6-15-12(5-7-16-4-2)11-8-13-10-14-9-11/h8-10,12,15H,3-7H2,1-2H3. The average molecular weight is 223 g/mol. The second kappa shape index (κ2) is 8.19. The van der Waals surface area contributed by atoms with Gasteiger partial charge >= 0.3 is 0 Å². The maximum atomic E-state index is 5.38. The van der Waals surface area contributed by atoms with E-state index >= 15 is 0 Å². The maximum absolute atomic E-state index is 5.38. The van der Waals surface area contributed by atoms with Crippen molar-refractivity contribution in [2.45, 2.75) is 32.7 Å². The lowest BCUT2D eigenvalue weighted by atomic mass is 10.1. The molecule has 90 valence electrons. The Balaban J connectivity index is 2.49. The number of nitrogens with one attached hydrogen (secondary N) is 1. The van der Waals surface area contributed by atoms with Gasteiger partial charge in [0.05, 0.1) is 0 Å². The fourth-order valence-corrected chi connectivity index (χ4v) is 1.54. The molecular weight excluding hydrogens is 202 g/mol. The normalized spacial score (nSPS) is 12.6. The molecular formula is C12H21N3O. The molecule has 0 saturated heterocycles. The first-order chi connectivity index (χ1) is 7.88. The van der Waals surface area contributed by atoms with E-state index in [0.29, 0.717) is 6.04 Å². The summed E-state index contributed by atoms with van der Waals surface area (Å²) >= 11 is 0. The van der Waals surface area contributed by atoms with Crippen molar-refractivity contribution >= 4 is 0 Å². The monoisotopic (exact) mass is 223 g/mol. The molecule has 4 heteroatoms. The molecule has 0 aliphatic rings. The van der Waals surface area contributed by atoms with Gasteiger partial charge in [-0.05, 0) is 26.3 Å². The summed E-state index contributed by atoms with van der Waals surface area (Å²) < 4.78 is 5.38. The smallest absolute Gasteiger partial charge is 0.115 e. The number of rotatable bonds is 8. The Morgan fingerprint density at radius 2 is 2.06 bits per heavy atom. The van der Waals surface area contributed by atoms with E-state index in [1.807, 2.05) is 19.3 Å². The molecule has 0 aliphatic heterocycles. The van der Waals surface area contributed by atoms with Crippen molar-refractivity contribution in [3.63, 3.8) is 0 Å². The Bertz CT molecular complexity index is 266. The molecule has 1 unspecified atom stereocenters. The largest absolute Gasteiger partial charge is 0.382 e. The molecule has 4 nitrogen and oxygen atoms in total. The Labute approximate surface area is 97.5 Å².